The Balaban J connectivity index is 0.00000338. The summed E-state index contributed by atoms with van der Waals surface area (Å²) in [5, 5.41) is 16.8. The molecule has 0 heterocycles. The minimum absolute atomic E-state index is 0. The second-order valence-electron chi connectivity index (χ2n) is 6.22. The third-order valence-electron chi connectivity index (χ3n) is 4.47. The molecule has 0 aromatic heterocycles. The number of benzene rings is 1. The lowest BCUT2D eigenvalue weighted by molar-refractivity contribution is 0.0698. The molecule has 0 aliphatic heterocycles. The summed E-state index contributed by atoms with van der Waals surface area (Å²) in [6.07, 6.45) is 5.49. The van der Waals surface area contributed by atoms with Gasteiger partial charge < -0.3 is 25.2 Å². The number of rotatable bonds is 9. The number of aryl methyl sites for hydroxylation is 1. The lowest BCUT2D eigenvalue weighted by Gasteiger charge is -2.21. The SMILES string of the molecule is CN=C(NCCCOCCOC)NCc1c(O)ccc2c1CCCC2.I. The van der Waals surface area contributed by atoms with E-state index >= 15 is 0 Å². The van der Waals surface area contributed by atoms with Gasteiger partial charge in [0.05, 0.1) is 13.2 Å². The topological polar surface area (TPSA) is 75.1 Å². The third-order valence-corrected chi connectivity index (χ3v) is 4.47. The standard InChI is InChI=1S/C19H31N3O3.HI/c1-20-19(21-10-5-11-25-13-12-24-2)22-14-17-16-7-4-3-6-15(16)8-9-18(17)23;/h8-9,23H,3-7,10-14H2,1-2H3,(H2,20,21,22);1H. The first-order valence-corrected chi connectivity index (χ1v) is 9.10. The maximum absolute atomic E-state index is 10.2. The van der Waals surface area contributed by atoms with E-state index in [1.165, 1.54) is 24.0 Å². The van der Waals surface area contributed by atoms with Crippen molar-refractivity contribution >= 4 is 29.9 Å². The smallest absolute Gasteiger partial charge is 0.191 e. The zero-order valence-electron chi connectivity index (χ0n) is 15.8. The van der Waals surface area contributed by atoms with Crippen LogP contribution in [0.4, 0.5) is 0 Å². The second kappa shape index (κ2) is 13.2. The fourth-order valence-corrected chi connectivity index (χ4v) is 3.11. The molecule has 0 fully saturated rings. The van der Waals surface area contributed by atoms with Crippen molar-refractivity contribution in [1.82, 2.24) is 10.6 Å². The number of phenolic OH excluding ortho intramolecular Hbond substituents is 1. The van der Waals surface area contributed by atoms with Crippen LogP contribution in [-0.2, 0) is 28.9 Å². The number of hydrogen-bond acceptors (Lipinski definition) is 4. The predicted octanol–water partition coefficient (Wildman–Crippen LogP) is 2.61. The van der Waals surface area contributed by atoms with E-state index in [9.17, 15) is 5.11 Å². The van der Waals surface area contributed by atoms with Crippen LogP contribution in [-0.4, -0.2) is 51.6 Å². The molecular weight excluding hydrogens is 445 g/mol. The van der Waals surface area contributed by atoms with Crippen LogP contribution in [0.5, 0.6) is 5.75 Å². The summed E-state index contributed by atoms with van der Waals surface area (Å²) in [6.45, 7) is 3.31. The van der Waals surface area contributed by atoms with Gasteiger partial charge in [0.25, 0.3) is 0 Å². The van der Waals surface area contributed by atoms with Crippen LogP contribution in [0.15, 0.2) is 17.1 Å². The average Bonchev–Trinajstić information content (AvgIpc) is 2.64. The van der Waals surface area contributed by atoms with Crippen molar-refractivity contribution in [2.45, 2.75) is 38.6 Å². The zero-order chi connectivity index (χ0) is 17.9. The van der Waals surface area contributed by atoms with E-state index in [2.05, 4.69) is 21.7 Å². The summed E-state index contributed by atoms with van der Waals surface area (Å²) in [5.41, 5.74) is 3.68. The molecule has 6 nitrogen and oxygen atoms in total. The lowest BCUT2D eigenvalue weighted by atomic mass is 9.88. The number of phenols is 1. The van der Waals surface area contributed by atoms with Crippen LogP contribution in [0.3, 0.4) is 0 Å². The van der Waals surface area contributed by atoms with Gasteiger partial charge in [-0.1, -0.05) is 6.07 Å². The van der Waals surface area contributed by atoms with Crippen LogP contribution in [0.2, 0.25) is 0 Å². The van der Waals surface area contributed by atoms with Gasteiger partial charge in [-0.2, -0.15) is 0 Å². The molecule has 1 aliphatic rings. The number of fused-ring (bicyclic) bond motifs is 1. The van der Waals surface area contributed by atoms with Gasteiger partial charge in [-0.15, -0.1) is 24.0 Å². The summed E-state index contributed by atoms with van der Waals surface area (Å²) in [4.78, 5) is 4.24. The minimum atomic E-state index is 0. The number of halogens is 1. The Bertz CT molecular complexity index is 567. The molecular formula is C19H32IN3O3. The Labute approximate surface area is 173 Å². The van der Waals surface area contributed by atoms with Crippen LogP contribution < -0.4 is 10.6 Å². The molecule has 0 saturated heterocycles. The first kappa shape index (κ1) is 23.0. The van der Waals surface area contributed by atoms with Crippen LogP contribution in [0, 0.1) is 0 Å². The molecule has 1 aromatic rings. The zero-order valence-corrected chi connectivity index (χ0v) is 18.2. The van der Waals surface area contributed by atoms with Gasteiger partial charge in [-0.05, 0) is 49.3 Å². The van der Waals surface area contributed by atoms with Crippen LogP contribution in [0.25, 0.3) is 0 Å². The fourth-order valence-electron chi connectivity index (χ4n) is 3.11. The molecule has 2 rings (SSSR count). The summed E-state index contributed by atoms with van der Waals surface area (Å²) in [7, 11) is 3.42. The van der Waals surface area contributed by atoms with Gasteiger partial charge in [-0.3, -0.25) is 4.99 Å². The highest BCUT2D eigenvalue weighted by Gasteiger charge is 2.16. The molecule has 7 heteroatoms. The number of ether oxygens (including phenoxy) is 2. The van der Waals surface area contributed by atoms with Crippen molar-refractivity contribution in [3.8, 4) is 5.75 Å². The van der Waals surface area contributed by atoms with Crippen LogP contribution in [0.1, 0.15) is 36.0 Å². The molecule has 0 radical (unpaired) electrons. The quantitative estimate of drug-likeness (QED) is 0.221. The van der Waals surface area contributed by atoms with Crippen molar-refractivity contribution in [2.24, 2.45) is 4.99 Å². The van der Waals surface area contributed by atoms with E-state index in [1.807, 2.05) is 6.07 Å². The number of nitrogens with zero attached hydrogens (tertiary/aromatic N) is 1. The van der Waals surface area contributed by atoms with Gasteiger partial charge in [0, 0.05) is 39.4 Å². The minimum Gasteiger partial charge on any atom is -0.508 e. The van der Waals surface area contributed by atoms with E-state index in [-0.39, 0.29) is 24.0 Å². The first-order chi connectivity index (χ1) is 12.3. The Morgan fingerprint density at radius 2 is 1.96 bits per heavy atom. The van der Waals surface area contributed by atoms with Crippen molar-refractivity contribution in [2.75, 3.05) is 40.5 Å². The van der Waals surface area contributed by atoms with Gasteiger partial charge >= 0.3 is 0 Å². The Morgan fingerprint density at radius 3 is 2.73 bits per heavy atom. The number of nitrogens with one attached hydrogen (secondary N) is 2. The van der Waals surface area contributed by atoms with Crippen molar-refractivity contribution in [1.29, 1.82) is 0 Å². The Hall–Kier alpha value is -1.06. The number of hydrogen-bond donors (Lipinski definition) is 3. The maximum atomic E-state index is 10.2. The molecule has 0 spiro atoms. The van der Waals surface area contributed by atoms with E-state index < -0.39 is 0 Å². The van der Waals surface area contributed by atoms with Gasteiger partial charge in [0.2, 0.25) is 0 Å². The number of aliphatic imine (C=N–C) groups is 1. The largest absolute Gasteiger partial charge is 0.508 e. The maximum Gasteiger partial charge on any atom is 0.191 e. The summed E-state index contributed by atoms with van der Waals surface area (Å²) >= 11 is 0. The van der Waals surface area contributed by atoms with Gasteiger partial charge in [0.1, 0.15) is 5.75 Å². The second-order valence-corrected chi connectivity index (χ2v) is 6.22. The molecule has 1 aliphatic carbocycles. The fraction of sp³-hybridized carbons (Fsp3) is 0.632. The molecule has 0 amide bonds. The molecule has 0 atom stereocenters. The van der Waals surface area contributed by atoms with Crippen molar-refractivity contribution in [3.63, 3.8) is 0 Å². The normalized spacial score (nSPS) is 13.7. The highest BCUT2D eigenvalue weighted by molar-refractivity contribution is 14.0. The number of guanidine groups is 1. The molecule has 0 bridgehead atoms. The van der Waals surface area contributed by atoms with E-state index in [4.69, 9.17) is 9.47 Å². The molecule has 3 N–H and O–H groups in total. The van der Waals surface area contributed by atoms with Crippen molar-refractivity contribution in [3.05, 3.63) is 28.8 Å². The van der Waals surface area contributed by atoms with E-state index in [1.54, 1.807) is 14.2 Å². The number of methoxy groups -OCH3 is 1. The van der Waals surface area contributed by atoms with Gasteiger partial charge in [0.15, 0.2) is 5.96 Å². The summed E-state index contributed by atoms with van der Waals surface area (Å²) in [6, 6.07) is 3.87. The molecule has 0 unspecified atom stereocenters. The number of aromatic hydroxyl groups is 1. The Kier molecular flexibility index (Phi) is 11.6. The van der Waals surface area contributed by atoms with Crippen LogP contribution >= 0.6 is 24.0 Å². The van der Waals surface area contributed by atoms with E-state index in [0.717, 1.165) is 37.3 Å². The lowest BCUT2D eigenvalue weighted by Crippen LogP contribution is -2.37. The molecule has 0 saturated carbocycles. The molecule has 148 valence electrons. The van der Waals surface area contributed by atoms with Crippen molar-refractivity contribution < 1.29 is 14.6 Å². The first-order valence-electron chi connectivity index (χ1n) is 9.10. The summed E-state index contributed by atoms with van der Waals surface area (Å²) in [5.74, 6) is 1.11. The van der Waals surface area contributed by atoms with Gasteiger partial charge in [-0.25, -0.2) is 0 Å². The average molecular weight is 477 g/mol. The van der Waals surface area contributed by atoms with E-state index in [0.29, 0.717) is 32.1 Å². The monoisotopic (exact) mass is 477 g/mol. The Morgan fingerprint density at radius 1 is 1.15 bits per heavy atom. The third kappa shape index (κ3) is 7.28. The highest BCUT2D eigenvalue weighted by Crippen LogP contribution is 2.30. The molecule has 1 aromatic carbocycles. The predicted molar refractivity (Wildman–Crippen MR) is 116 cm³/mol. The summed E-state index contributed by atoms with van der Waals surface area (Å²) < 4.78 is 10.4. The molecule has 26 heavy (non-hydrogen) atoms. The highest BCUT2D eigenvalue weighted by atomic mass is 127.